The van der Waals surface area contributed by atoms with Gasteiger partial charge in [-0.1, -0.05) is 33.6 Å². The third-order valence-corrected chi connectivity index (χ3v) is 3.13. The van der Waals surface area contributed by atoms with Crippen molar-refractivity contribution in [3.63, 3.8) is 0 Å². The summed E-state index contributed by atoms with van der Waals surface area (Å²) < 4.78 is 5.67. The van der Waals surface area contributed by atoms with E-state index in [0.717, 1.165) is 25.6 Å². The van der Waals surface area contributed by atoms with E-state index in [-0.39, 0.29) is 0 Å². The van der Waals surface area contributed by atoms with Gasteiger partial charge in [0.1, 0.15) is 0 Å². The Kier molecular flexibility index (Phi) is 4.24. The average Bonchev–Trinajstić information content (AvgIpc) is 2.89. The third-order valence-electron chi connectivity index (χ3n) is 3.13. The van der Waals surface area contributed by atoms with E-state index in [4.69, 9.17) is 4.74 Å². The Labute approximate surface area is 82.9 Å². The molecule has 0 aliphatic heterocycles. The number of hydrogen-bond acceptors (Lipinski definition) is 1. The molecule has 0 bridgehead atoms. The third kappa shape index (κ3) is 4.12. The Morgan fingerprint density at radius 3 is 2.46 bits per heavy atom. The Morgan fingerprint density at radius 1 is 1.31 bits per heavy atom. The van der Waals surface area contributed by atoms with Crippen molar-refractivity contribution in [3.05, 3.63) is 0 Å². The van der Waals surface area contributed by atoms with Crippen LogP contribution in [0.1, 0.15) is 52.9 Å². The second-order valence-corrected chi connectivity index (χ2v) is 4.86. The molecule has 1 aliphatic rings. The second-order valence-electron chi connectivity index (χ2n) is 4.86. The second kappa shape index (κ2) is 4.99. The number of ether oxygens (including phenoxy) is 1. The molecule has 0 heterocycles. The molecule has 1 saturated carbocycles. The first kappa shape index (κ1) is 11.0. The molecule has 0 aromatic carbocycles. The van der Waals surface area contributed by atoms with Gasteiger partial charge in [0.2, 0.25) is 0 Å². The average molecular weight is 184 g/mol. The number of rotatable bonds is 7. The van der Waals surface area contributed by atoms with Crippen molar-refractivity contribution in [2.45, 2.75) is 52.9 Å². The van der Waals surface area contributed by atoms with E-state index >= 15 is 0 Å². The van der Waals surface area contributed by atoms with Gasteiger partial charge in [0, 0.05) is 6.61 Å². The quantitative estimate of drug-likeness (QED) is 0.549. The summed E-state index contributed by atoms with van der Waals surface area (Å²) in [5.41, 5.74) is 0.455. The Balaban J connectivity index is 2.20. The van der Waals surface area contributed by atoms with Crippen molar-refractivity contribution in [2.75, 3.05) is 13.2 Å². The maximum Gasteiger partial charge on any atom is 0.0519 e. The van der Waals surface area contributed by atoms with Crippen LogP contribution in [0.2, 0.25) is 0 Å². The van der Waals surface area contributed by atoms with Crippen LogP contribution >= 0.6 is 0 Å². The monoisotopic (exact) mass is 184 g/mol. The van der Waals surface area contributed by atoms with Crippen LogP contribution in [0.4, 0.5) is 0 Å². The molecule has 1 fully saturated rings. The van der Waals surface area contributed by atoms with Gasteiger partial charge < -0.3 is 4.74 Å². The summed E-state index contributed by atoms with van der Waals surface area (Å²) >= 11 is 0. The van der Waals surface area contributed by atoms with Crippen molar-refractivity contribution in [2.24, 2.45) is 11.3 Å². The number of hydrogen-bond donors (Lipinski definition) is 0. The summed E-state index contributed by atoms with van der Waals surface area (Å²) in [6, 6.07) is 0. The first-order valence-corrected chi connectivity index (χ1v) is 5.78. The maximum atomic E-state index is 5.67. The zero-order valence-electron chi connectivity index (χ0n) is 9.44. The van der Waals surface area contributed by atoms with E-state index in [2.05, 4.69) is 20.8 Å². The van der Waals surface area contributed by atoms with Crippen molar-refractivity contribution in [1.29, 1.82) is 0 Å². The van der Waals surface area contributed by atoms with Gasteiger partial charge in [0.25, 0.3) is 0 Å². The minimum absolute atomic E-state index is 0.455. The predicted molar refractivity (Wildman–Crippen MR) is 56.8 cm³/mol. The summed E-state index contributed by atoms with van der Waals surface area (Å²) in [5, 5.41) is 0. The first-order valence-electron chi connectivity index (χ1n) is 5.78. The standard InChI is InChI=1S/C12H24O/c1-4-8-13-10-12(3,5-2)9-11-6-7-11/h11H,4-10H2,1-3H3. The molecule has 1 unspecified atom stereocenters. The summed E-state index contributed by atoms with van der Waals surface area (Å²) in [6.45, 7) is 8.73. The van der Waals surface area contributed by atoms with E-state index in [1.54, 1.807) is 0 Å². The van der Waals surface area contributed by atoms with Crippen molar-refractivity contribution < 1.29 is 4.74 Å². The lowest BCUT2D eigenvalue weighted by molar-refractivity contribution is 0.0428. The van der Waals surface area contributed by atoms with Gasteiger partial charge in [-0.3, -0.25) is 0 Å². The van der Waals surface area contributed by atoms with Crippen LogP contribution in [-0.4, -0.2) is 13.2 Å². The summed E-state index contributed by atoms with van der Waals surface area (Å²) in [4.78, 5) is 0. The Hall–Kier alpha value is -0.0400. The van der Waals surface area contributed by atoms with Crippen molar-refractivity contribution >= 4 is 0 Å². The lowest BCUT2D eigenvalue weighted by Crippen LogP contribution is -2.23. The van der Waals surface area contributed by atoms with Crippen LogP contribution in [-0.2, 0) is 4.74 Å². The molecule has 0 aromatic rings. The fourth-order valence-electron chi connectivity index (χ4n) is 1.79. The largest absolute Gasteiger partial charge is 0.381 e. The van der Waals surface area contributed by atoms with Gasteiger partial charge in [-0.05, 0) is 30.6 Å². The van der Waals surface area contributed by atoms with E-state index in [1.807, 2.05) is 0 Å². The molecule has 1 rings (SSSR count). The fourth-order valence-corrected chi connectivity index (χ4v) is 1.79. The molecule has 1 atom stereocenters. The summed E-state index contributed by atoms with van der Waals surface area (Å²) in [5.74, 6) is 1.02. The molecule has 0 radical (unpaired) electrons. The van der Waals surface area contributed by atoms with Crippen LogP contribution in [0.5, 0.6) is 0 Å². The normalized spacial score (nSPS) is 21.5. The van der Waals surface area contributed by atoms with Crippen LogP contribution < -0.4 is 0 Å². The maximum absolute atomic E-state index is 5.67. The van der Waals surface area contributed by atoms with Gasteiger partial charge in [0.05, 0.1) is 6.61 Å². The minimum Gasteiger partial charge on any atom is -0.381 e. The molecule has 1 heteroatoms. The van der Waals surface area contributed by atoms with Gasteiger partial charge in [0.15, 0.2) is 0 Å². The fraction of sp³-hybridized carbons (Fsp3) is 1.00. The lowest BCUT2D eigenvalue weighted by Gasteiger charge is -2.28. The molecular formula is C12H24O. The molecule has 1 aliphatic carbocycles. The molecule has 0 N–H and O–H groups in total. The highest BCUT2D eigenvalue weighted by atomic mass is 16.5. The lowest BCUT2D eigenvalue weighted by atomic mass is 9.83. The Bertz CT molecular complexity index is 140. The SMILES string of the molecule is CCCOCC(C)(CC)CC1CC1. The van der Waals surface area contributed by atoms with Crippen LogP contribution in [0, 0.1) is 11.3 Å². The molecular weight excluding hydrogens is 160 g/mol. The van der Waals surface area contributed by atoms with Gasteiger partial charge in [-0.25, -0.2) is 0 Å². The zero-order valence-corrected chi connectivity index (χ0v) is 9.44. The van der Waals surface area contributed by atoms with Gasteiger partial charge >= 0.3 is 0 Å². The molecule has 0 amide bonds. The molecule has 0 spiro atoms. The Morgan fingerprint density at radius 2 is 2.00 bits per heavy atom. The smallest absolute Gasteiger partial charge is 0.0519 e. The van der Waals surface area contributed by atoms with E-state index in [0.29, 0.717) is 5.41 Å². The van der Waals surface area contributed by atoms with Crippen molar-refractivity contribution in [1.82, 2.24) is 0 Å². The predicted octanol–water partition coefficient (Wildman–Crippen LogP) is 3.63. The van der Waals surface area contributed by atoms with Gasteiger partial charge in [-0.2, -0.15) is 0 Å². The van der Waals surface area contributed by atoms with Crippen LogP contribution in [0.25, 0.3) is 0 Å². The zero-order chi connectivity index (χ0) is 9.73. The molecule has 0 saturated heterocycles. The molecule has 78 valence electrons. The van der Waals surface area contributed by atoms with E-state index in [1.165, 1.54) is 25.7 Å². The van der Waals surface area contributed by atoms with Crippen molar-refractivity contribution in [3.8, 4) is 0 Å². The minimum atomic E-state index is 0.455. The topological polar surface area (TPSA) is 9.23 Å². The van der Waals surface area contributed by atoms with Crippen LogP contribution in [0.15, 0.2) is 0 Å². The highest BCUT2D eigenvalue weighted by Gasteiger charge is 2.32. The highest BCUT2D eigenvalue weighted by molar-refractivity contribution is 4.83. The highest BCUT2D eigenvalue weighted by Crippen LogP contribution is 2.41. The first-order chi connectivity index (χ1) is 6.20. The van der Waals surface area contributed by atoms with Crippen LogP contribution in [0.3, 0.4) is 0 Å². The van der Waals surface area contributed by atoms with E-state index < -0.39 is 0 Å². The molecule has 0 aromatic heterocycles. The van der Waals surface area contributed by atoms with Gasteiger partial charge in [-0.15, -0.1) is 0 Å². The summed E-state index contributed by atoms with van der Waals surface area (Å²) in [6.07, 6.45) is 6.70. The van der Waals surface area contributed by atoms with E-state index in [9.17, 15) is 0 Å². The summed E-state index contributed by atoms with van der Waals surface area (Å²) in [7, 11) is 0. The molecule has 1 nitrogen and oxygen atoms in total. The molecule has 13 heavy (non-hydrogen) atoms.